The molecule has 0 bridgehead atoms. The van der Waals surface area contributed by atoms with Crippen LogP contribution in [-0.2, 0) is 11.3 Å². The number of hydrogen-bond acceptors (Lipinski definition) is 3. The summed E-state index contributed by atoms with van der Waals surface area (Å²) in [6.07, 6.45) is 1.11. The van der Waals surface area contributed by atoms with E-state index in [-0.39, 0.29) is 29.9 Å². The molecule has 4 N–H and O–H groups in total. The number of guanidine groups is 1. The van der Waals surface area contributed by atoms with E-state index in [1.807, 2.05) is 24.3 Å². The van der Waals surface area contributed by atoms with Gasteiger partial charge in [-0.3, -0.25) is 4.79 Å². The minimum atomic E-state index is -0.157. The Balaban J connectivity index is 0.00000392. The Morgan fingerprint density at radius 1 is 1.18 bits per heavy atom. The molecule has 6 nitrogen and oxygen atoms in total. The van der Waals surface area contributed by atoms with Crippen molar-refractivity contribution >= 4 is 47.2 Å². The zero-order chi connectivity index (χ0) is 19.8. The van der Waals surface area contributed by atoms with Crippen LogP contribution in [0.3, 0.4) is 0 Å². The lowest BCUT2D eigenvalue weighted by Gasteiger charge is -2.11. The molecule has 0 aliphatic heterocycles. The van der Waals surface area contributed by atoms with Crippen LogP contribution < -0.4 is 21.1 Å². The molecule has 2 rings (SSSR count). The Bertz CT molecular complexity index is 807. The fourth-order valence-corrected chi connectivity index (χ4v) is 2.64. The van der Waals surface area contributed by atoms with Crippen molar-refractivity contribution in [3.8, 4) is 5.75 Å². The lowest BCUT2D eigenvalue weighted by atomic mass is 9.99. The summed E-state index contributed by atoms with van der Waals surface area (Å²) in [5.74, 6) is 1.32. The van der Waals surface area contributed by atoms with E-state index in [1.54, 1.807) is 13.2 Å². The number of carbonyl (C=O) groups excluding carboxylic acids is 1. The number of nitrogens with zero attached hydrogens (tertiary/aromatic N) is 1. The number of ether oxygens (including phenoxy) is 1. The number of anilines is 2. The zero-order valence-corrected chi connectivity index (χ0v) is 19.1. The van der Waals surface area contributed by atoms with Gasteiger partial charge in [0.2, 0.25) is 5.91 Å². The zero-order valence-electron chi connectivity index (χ0n) is 16.8. The Morgan fingerprint density at radius 3 is 2.43 bits per heavy atom. The third-order valence-corrected chi connectivity index (χ3v) is 4.37. The second-order valence-electron chi connectivity index (χ2n) is 6.47. The van der Waals surface area contributed by atoms with Gasteiger partial charge in [-0.1, -0.05) is 32.0 Å². The van der Waals surface area contributed by atoms with Gasteiger partial charge >= 0.3 is 0 Å². The molecule has 1 atom stereocenters. The number of nitrogens with one attached hydrogen (secondary N) is 2. The van der Waals surface area contributed by atoms with Gasteiger partial charge in [-0.2, -0.15) is 0 Å². The van der Waals surface area contributed by atoms with E-state index < -0.39 is 0 Å². The van der Waals surface area contributed by atoms with Gasteiger partial charge in [0.05, 0.1) is 19.3 Å². The van der Waals surface area contributed by atoms with Crippen LogP contribution in [0, 0.1) is 0 Å². The number of amides is 1. The largest absolute Gasteiger partial charge is 0.495 e. The van der Waals surface area contributed by atoms with Crippen molar-refractivity contribution in [1.29, 1.82) is 0 Å². The Morgan fingerprint density at radius 2 is 1.86 bits per heavy atom. The molecule has 0 aromatic heterocycles. The highest BCUT2D eigenvalue weighted by molar-refractivity contribution is 14.0. The molecule has 1 unspecified atom stereocenters. The normalized spacial score (nSPS) is 11.9. The molecule has 0 spiro atoms. The third-order valence-electron chi connectivity index (χ3n) is 4.37. The minimum absolute atomic E-state index is 0. The van der Waals surface area contributed by atoms with Crippen LogP contribution in [0.4, 0.5) is 11.4 Å². The summed E-state index contributed by atoms with van der Waals surface area (Å²) in [5.41, 5.74) is 9.73. The van der Waals surface area contributed by atoms with E-state index in [9.17, 15) is 4.79 Å². The molecule has 0 aliphatic carbocycles. The van der Waals surface area contributed by atoms with Gasteiger partial charge in [0, 0.05) is 12.6 Å². The van der Waals surface area contributed by atoms with Crippen LogP contribution >= 0.6 is 24.0 Å². The molecule has 7 heteroatoms. The first kappa shape index (κ1) is 23.7. The summed E-state index contributed by atoms with van der Waals surface area (Å²) in [6.45, 7) is 6.24. The van der Waals surface area contributed by atoms with Gasteiger partial charge in [-0.25, -0.2) is 4.99 Å². The van der Waals surface area contributed by atoms with Crippen molar-refractivity contribution in [3.63, 3.8) is 0 Å². The first-order valence-electron chi connectivity index (χ1n) is 9.04. The van der Waals surface area contributed by atoms with Gasteiger partial charge in [0.15, 0.2) is 5.96 Å². The number of rotatable bonds is 7. The monoisotopic (exact) mass is 496 g/mol. The number of aliphatic imine (C=N–C) groups is 1. The van der Waals surface area contributed by atoms with Gasteiger partial charge < -0.3 is 21.1 Å². The van der Waals surface area contributed by atoms with Crippen molar-refractivity contribution in [2.75, 3.05) is 17.7 Å². The highest BCUT2D eigenvalue weighted by atomic mass is 127. The van der Waals surface area contributed by atoms with E-state index >= 15 is 0 Å². The average Bonchev–Trinajstić information content (AvgIpc) is 2.66. The van der Waals surface area contributed by atoms with E-state index in [0.29, 0.717) is 29.9 Å². The van der Waals surface area contributed by atoms with Crippen molar-refractivity contribution in [1.82, 2.24) is 0 Å². The standard InChI is InChI=1S/C21H28N4O2.HI/c1-5-14(2)17-7-9-18(10-8-17)25-21(22)23-13-16-6-11-20(27-4)19(12-16)24-15(3)26;/h6-12,14H,5,13H2,1-4H3,(H,24,26)(H3,22,23,25);1H. The van der Waals surface area contributed by atoms with Crippen molar-refractivity contribution < 1.29 is 9.53 Å². The van der Waals surface area contributed by atoms with Crippen LogP contribution in [0.1, 0.15) is 44.2 Å². The summed E-state index contributed by atoms with van der Waals surface area (Å²) < 4.78 is 5.25. The highest BCUT2D eigenvalue weighted by Gasteiger charge is 2.06. The molecule has 0 saturated heterocycles. The average molecular weight is 496 g/mol. The fraction of sp³-hybridized carbons (Fsp3) is 0.333. The van der Waals surface area contributed by atoms with Crippen LogP contribution in [0.15, 0.2) is 47.5 Å². The predicted molar refractivity (Wildman–Crippen MR) is 127 cm³/mol. The van der Waals surface area contributed by atoms with Crippen molar-refractivity contribution in [2.45, 2.75) is 39.7 Å². The van der Waals surface area contributed by atoms with Crippen molar-refractivity contribution in [3.05, 3.63) is 53.6 Å². The quantitative estimate of drug-likeness (QED) is 0.294. The maximum Gasteiger partial charge on any atom is 0.221 e. The lowest BCUT2D eigenvalue weighted by molar-refractivity contribution is -0.114. The van der Waals surface area contributed by atoms with Gasteiger partial charge in [-0.05, 0) is 47.7 Å². The number of hydrogen-bond donors (Lipinski definition) is 3. The molecule has 0 radical (unpaired) electrons. The maximum atomic E-state index is 11.3. The second-order valence-corrected chi connectivity index (χ2v) is 6.47. The van der Waals surface area contributed by atoms with Crippen LogP contribution in [0.25, 0.3) is 0 Å². The number of methoxy groups -OCH3 is 1. The van der Waals surface area contributed by atoms with Crippen molar-refractivity contribution in [2.24, 2.45) is 10.7 Å². The number of halogens is 1. The van der Waals surface area contributed by atoms with E-state index in [4.69, 9.17) is 10.5 Å². The molecule has 28 heavy (non-hydrogen) atoms. The Hall–Kier alpha value is -2.29. The predicted octanol–water partition coefficient (Wildman–Crippen LogP) is 4.71. The second kappa shape index (κ2) is 11.5. The molecule has 0 fully saturated rings. The first-order valence-corrected chi connectivity index (χ1v) is 9.04. The first-order chi connectivity index (χ1) is 12.9. The summed E-state index contributed by atoms with van der Waals surface area (Å²) >= 11 is 0. The molecule has 152 valence electrons. The smallest absolute Gasteiger partial charge is 0.221 e. The minimum Gasteiger partial charge on any atom is -0.495 e. The topological polar surface area (TPSA) is 88.7 Å². The number of nitrogens with two attached hydrogens (primary N) is 1. The van der Waals surface area contributed by atoms with Gasteiger partial charge in [0.1, 0.15) is 5.75 Å². The summed E-state index contributed by atoms with van der Waals surface area (Å²) in [6, 6.07) is 13.7. The number of carbonyl (C=O) groups is 1. The molecule has 0 aliphatic rings. The van der Waals surface area contributed by atoms with E-state index in [0.717, 1.165) is 17.7 Å². The summed E-state index contributed by atoms with van der Waals surface area (Å²) in [5, 5.41) is 5.85. The number of benzene rings is 2. The highest BCUT2D eigenvalue weighted by Crippen LogP contribution is 2.26. The SMILES string of the molecule is CCC(C)c1ccc(NC(N)=NCc2ccc(OC)c(NC(C)=O)c2)cc1.I. The third kappa shape index (κ3) is 7.03. The van der Waals surface area contributed by atoms with Crippen LogP contribution in [-0.4, -0.2) is 19.0 Å². The molecular formula is C21H29IN4O2. The van der Waals surface area contributed by atoms with Gasteiger partial charge in [-0.15, -0.1) is 24.0 Å². The summed E-state index contributed by atoms with van der Waals surface area (Å²) in [7, 11) is 1.56. The van der Waals surface area contributed by atoms with Crippen LogP contribution in [0.5, 0.6) is 5.75 Å². The van der Waals surface area contributed by atoms with E-state index in [2.05, 4.69) is 41.6 Å². The Kier molecular flexibility index (Phi) is 9.78. The molecule has 2 aromatic carbocycles. The lowest BCUT2D eigenvalue weighted by Crippen LogP contribution is -2.22. The van der Waals surface area contributed by atoms with E-state index in [1.165, 1.54) is 12.5 Å². The fourth-order valence-electron chi connectivity index (χ4n) is 2.64. The maximum absolute atomic E-state index is 11.3. The van der Waals surface area contributed by atoms with Crippen LogP contribution in [0.2, 0.25) is 0 Å². The molecule has 0 heterocycles. The Labute approximate surface area is 184 Å². The summed E-state index contributed by atoms with van der Waals surface area (Å²) in [4.78, 5) is 15.7. The molecule has 2 aromatic rings. The molecule has 1 amide bonds. The molecular weight excluding hydrogens is 467 g/mol. The molecule has 0 saturated carbocycles. The van der Waals surface area contributed by atoms with Gasteiger partial charge in [0.25, 0.3) is 0 Å².